The van der Waals surface area contributed by atoms with Crippen LogP contribution in [0.15, 0.2) is 182 Å². The summed E-state index contributed by atoms with van der Waals surface area (Å²) in [6.07, 6.45) is 0. The molecule has 0 atom stereocenters. The molecule has 0 aromatic heterocycles. The van der Waals surface area contributed by atoms with Crippen molar-refractivity contribution >= 4 is 47.7 Å². The minimum Gasteiger partial charge on any atom is -0.0622 e. The molecule has 0 radical (unpaired) electrons. The second-order valence-electron chi connectivity index (χ2n) is 8.68. The Morgan fingerprint density at radius 2 is 0.298 bits per heavy atom. The first-order chi connectivity index (χ1) is 26.9. The van der Waals surface area contributed by atoms with E-state index in [0.29, 0.717) is 0 Å². The molecule has 0 aliphatic rings. The maximum Gasteiger partial charge on any atom is 0 e. The predicted molar refractivity (Wildman–Crippen MR) is 202 cm³/mol. The van der Waals surface area contributed by atoms with Crippen molar-refractivity contribution in [2.45, 2.75) is 0 Å². The van der Waals surface area contributed by atoms with Crippen molar-refractivity contribution < 1.29 is 97.2 Å². The number of rotatable bonds is 6. The van der Waals surface area contributed by atoms with Crippen LogP contribution >= 0.6 is 15.8 Å². The van der Waals surface area contributed by atoms with Gasteiger partial charge in [0.25, 0.3) is 0 Å². The molecule has 6 rings (SSSR count). The van der Waals surface area contributed by atoms with E-state index in [-0.39, 0.29) is 60.0 Å². The van der Waals surface area contributed by atoms with Gasteiger partial charge in [0, 0.05) is 60.0 Å². The number of hydrogen-bond acceptors (Lipinski definition) is 0. The molecule has 0 bridgehead atoms. The molecule has 0 amide bonds. The largest absolute Gasteiger partial charge is 0.0622 e. The zero-order valence-electron chi connectivity index (χ0n) is 29.5. The second kappa shape index (κ2) is 54.1. The first kappa shape index (κ1) is 67.8. The van der Waals surface area contributed by atoms with Gasteiger partial charge in [-0.3, -0.25) is 0 Å². The van der Waals surface area contributed by atoms with Crippen molar-refractivity contribution in [1.82, 2.24) is 0 Å². The van der Waals surface area contributed by atoms with Crippen LogP contribution in [0.5, 0.6) is 0 Å². The summed E-state index contributed by atoms with van der Waals surface area (Å²) >= 11 is 0. The van der Waals surface area contributed by atoms with Crippen LogP contribution in [0.3, 0.4) is 0 Å². The van der Waals surface area contributed by atoms with Gasteiger partial charge in [-0.05, 0) is 47.7 Å². The van der Waals surface area contributed by atoms with E-state index >= 15 is 0 Å². The molecule has 290 valence electrons. The summed E-state index contributed by atoms with van der Waals surface area (Å²) in [5.41, 5.74) is 0. The molecule has 0 aliphatic carbocycles. The van der Waals surface area contributed by atoms with E-state index < -0.39 is 15.8 Å². The standard InChI is InChI=1S/2C18H15P.8CO.Pt.2Ru/c2*1-4-10-16(11-5-1)19(17-12-6-2-7-13-17)18-14-8-3-9-15-18;8*1-2;;;/h2*1-15H;;;;;;;;;;;. The van der Waals surface area contributed by atoms with Crippen molar-refractivity contribution in [3.63, 3.8) is 0 Å². The fourth-order valence-electron chi connectivity index (χ4n) is 4.36. The van der Waals surface area contributed by atoms with Gasteiger partial charge >= 0.3 is 90.4 Å². The van der Waals surface area contributed by atoms with Gasteiger partial charge in [0.1, 0.15) is 0 Å². The van der Waals surface area contributed by atoms with Crippen LogP contribution in [-0.2, 0) is 97.2 Å². The predicted octanol–water partition coefficient (Wildman–Crippen LogP) is 6.58. The zero-order chi connectivity index (χ0) is 41.8. The quantitative estimate of drug-likeness (QED) is 0.0765. The van der Waals surface area contributed by atoms with Crippen LogP contribution in [0.25, 0.3) is 0 Å². The Bertz CT molecular complexity index is 1520. The Morgan fingerprint density at radius 1 is 0.211 bits per heavy atom. The van der Waals surface area contributed by atoms with Gasteiger partial charge < -0.3 is 0 Å². The van der Waals surface area contributed by atoms with Gasteiger partial charge in [0.05, 0.1) is 0 Å². The first-order valence-corrected chi connectivity index (χ1v) is 17.1. The van der Waals surface area contributed by atoms with Gasteiger partial charge in [-0.1, -0.05) is 182 Å². The Kier molecular flexibility index (Phi) is 64.4. The van der Waals surface area contributed by atoms with Gasteiger partial charge in [0.15, 0.2) is 0 Å². The van der Waals surface area contributed by atoms with E-state index in [0.717, 1.165) is 0 Å². The summed E-state index contributed by atoms with van der Waals surface area (Å²) in [6, 6.07) is 64.7. The molecule has 0 unspecified atom stereocenters. The smallest absolute Gasteiger partial charge is 0 e. The second-order valence-corrected chi connectivity index (χ2v) is 13.1. The van der Waals surface area contributed by atoms with Crippen molar-refractivity contribution in [1.29, 1.82) is 0 Å². The Hall–Kier alpha value is -3.96. The van der Waals surface area contributed by atoms with Gasteiger partial charge in [-0.25, -0.2) is 0 Å². The van der Waals surface area contributed by atoms with Crippen LogP contribution in [0.1, 0.15) is 0 Å². The summed E-state index contributed by atoms with van der Waals surface area (Å²) in [5.74, 6) is 0. The van der Waals surface area contributed by atoms with Crippen LogP contribution in [0, 0.1) is 53.2 Å². The molecule has 0 heterocycles. The van der Waals surface area contributed by atoms with E-state index in [1.165, 1.54) is 31.8 Å². The summed E-state index contributed by atoms with van der Waals surface area (Å²) in [4.78, 5) is 0. The SMILES string of the molecule is [C-]#[O+].[C-]#[O+].[C-]#[O+].[C-]#[O+].[C-]#[O+].[C-]#[O+].[C-]#[O+].[C-]#[O+].[Pt].[Ru].[Ru].c1ccc(P(c2ccccc2)c2ccccc2)cc1.c1ccc(P(c2ccccc2)c2ccccc2)cc1. The van der Waals surface area contributed by atoms with Crippen LogP contribution in [0.4, 0.5) is 0 Å². The molecule has 0 spiro atoms. The minimum atomic E-state index is -0.446. The summed E-state index contributed by atoms with van der Waals surface area (Å²) in [6.45, 7) is 36.0. The third-order valence-electron chi connectivity index (χ3n) is 6.09. The van der Waals surface area contributed by atoms with Crippen LogP contribution in [-0.4, -0.2) is 0 Å². The fourth-order valence-corrected chi connectivity index (χ4v) is 8.97. The third kappa shape index (κ3) is 28.1. The van der Waals surface area contributed by atoms with Crippen molar-refractivity contribution in [2.24, 2.45) is 0 Å². The Morgan fingerprint density at radius 3 is 0.386 bits per heavy atom. The van der Waals surface area contributed by atoms with Crippen LogP contribution in [0.2, 0.25) is 0 Å². The van der Waals surface area contributed by atoms with Gasteiger partial charge in [0.2, 0.25) is 0 Å². The molecule has 0 fully saturated rings. The number of hydrogen-bond donors (Lipinski definition) is 0. The van der Waals surface area contributed by atoms with Gasteiger partial charge in [-0.15, -0.1) is 0 Å². The molecular weight excluding hydrogens is 1120 g/mol. The summed E-state index contributed by atoms with van der Waals surface area (Å²) in [7, 11) is -0.892. The van der Waals surface area contributed by atoms with E-state index in [9.17, 15) is 0 Å². The molecule has 6 aromatic rings. The molecule has 13 heteroatoms. The molecule has 0 N–H and O–H groups in total. The molecule has 0 aliphatic heterocycles. The molecule has 0 saturated carbocycles. The van der Waals surface area contributed by atoms with Crippen molar-refractivity contribution in [3.8, 4) is 0 Å². The Labute approximate surface area is 377 Å². The minimum absolute atomic E-state index is 0. The van der Waals surface area contributed by atoms with Crippen LogP contribution < -0.4 is 31.8 Å². The summed E-state index contributed by atoms with van der Waals surface area (Å²) < 4.78 is 60.0. The average Bonchev–Trinajstić information content (AvgIpc) is 3.32. The fraction of sp³-hybridized carbons (Fsp3) is 0. The van der Waals surface area contributed by atoms with Crippen molar-refractivity contribution in [3.05, 3.63) is 235 Å². The van der Waals surface area contributed by atoms with Gasteiger partial charge in [-0.2, -0.15) is 0 Å². The zero-order valence-corrected chi connectivity index (χ0v) is 37.0. The molecule has 6 aromatic carbocycles. The van der Waals surface area contributed by atoms with Crippen molar-refractivity contribution in [2.75, 3.05) is 0 Å². The normalized spacial score (nSPS) is 7.33. The maximum atomic E-state index is 7.50. The summed E-state index contributed by atoms with van der Waals surface area (Å²) in [5, 5.41) is 8.39. The molecule has 57 heavy (non-hydrogen) atoms. The van der Waals surface area contributed by atoms with E-state index in [1.54, 1.807) is 0 Å². The third-order valence-corrected chi connectivity index (χ3v) is 11.0. The first-order valence-electron chi connectivity index (χ1n) is 14.4. The average molecular weight is 1150 g/mol. The number of benzene rings is 6. The monoisotopic (exact) mass is 1150 g/mol. The Balaban J connectivity index is -0.000000125. The van der Waals surface area contributed by atoms with E-state index in [2.05, 4.69) is 235 Å². The molecule has 0 saturated heterocycles. The van der Waals surface area contributed by atoms with E-state index in [1.807, 2.05) is 0 Å². The molecular formula is C44H30O8P2PtRu2. The van der Waals surface area contributed by atoms with E-state index in [4.69, 9.17) is 37.2 Å². The molecule has 8 nitrogen and oxygen atoms in total. The maximum absolute atomic E-state index is 7.50. The topological polar surface area (TPSA) is 159 Å².